The molecule has 16 heavy (non-hydrogen) atoms. The second-order valence-electron chi connectivity index (χ2n) is 4.34. The molecule has 2 atom stereocenters. The summed E-state index contributed by atoms with van der Waals surface area (Å²) in [6.45, 7) is 2.26. The molecule has 1 aromatic heterocycles. The van der Waals surface area contributed by atoms with Gasteiger partial charge in [-0.1, -0.05) is 0 Å². The van der Waals surface area contributed by atoms with E-state index in [9.17, 15) is 0 Å². The first-order chi connectivity index (χ1) is 7.75. The van der Waals surface area contributed by atoms with Gasteiger partial charge in [0.2, 0.25) is 0 Å². The van der Waals surface area contributed by atoms with Crippen molar-refractivity contribution < 1.29 is 0 Å². The van der Waals surface area contributed by atoms with Gasteiger partial charge in [-0.3, -0.25) is 4.98 Å². The predicted octanol–water partition coefficient (Wildman–Crippen LogP) is 3.13. The fourth-order valence-electron chi connectivity index (χ4n) is 2.49. The number of piperidine rings is 1. The largest absolute Gasteiger partial charge is 0.373 e. The Kier molecular flexibility index (Phi) is 2.68. The number of alkyl halides is 1. The molecule has 1 aromatic rings. The molecule has 0 aromatic carbocycles. The summed E-state index contributed by atoms with van der Waals surface area (Å²) in [5, 5.41) is 0.169. The van der Waals surface area contributed by atoms with Gasteiger partial charge in [0.05, 0.1) is 11.1 Å². The molecule has 2 saturated heterocycles. The molecule has 0 amide bonds. The molecule has 2 aliphatic heterocycles. The number of allylic oxidation sites excluding steroid dienone is 1. The van der Waals surface area contributed by atoms with Crippen molar-refractivity contribution in [3.05, 3.63) is 34.2 Å². The molecule has 84 valence electrons. The third-order valence-electron chi connectivity index (χ3n) is 3.36. The molecule has 2 nitrogen and oxygen atoms in total. The van der Waals surface area contributed by atoms with Crippen molar-refractivity contribution >= 4 is 33.6 Å². The first-order valence-electron chi connectivity index (χ1n) is 5.47. The van der Waals surface area contributed by atoms with Crippen LogP contribution >= 0.6 is 27.5 Å². The van der Waals surface area contributed by atoms with Gasteiger partial charge in [0.15, 0.2) is 0 Å². The standard InChI is InChI=1S/C12H12BrClN2/c13-9-2-1-4-15-10(9)6-11-12(14)8-3-5-16(11)7-8/h1-2,4,6,8,12H,3,5,7H2/b11-6-. The molecule has 3 heterocycles. The van der Waals surface area contributed by atoms with Gasteiger partial charge in [0, 0.05) is 29.5 Å². The molecular formula is C12H12BrClN2. The second kappa shape index (κ2) is 4.04. The molecule has 2 fully saturated rings. The smallest absolute Gasteiger partial charge is 0.0789 e. The number of pyridine rings is 1. The summed E-state index contributed by atoms with van der Waals surface area (Å²) in [6, 6.07) is 3.93. The minimum absolute atomic E-state index is 0.169. The van der Waals surface area contributed by atoms with Gasteiger partial charge in [-0.25, -0.2) is 0 Å². The van der Waals surface area contributed by atoms with Crippen molar-refractivity contribution in [3.63, 3.8) is 0 Å². The van der Waals surface area contributed by atoms with Crippen LogP contribution in [0.5, 0.6) is 0 Å². The lowest BCUT2D eigenvalue weighted by molar-refractivity contribution is 0.446. The van der Waals surface area contributed by atoms with E-state index in [1.165, 1.54) is 12.1 Å². The third-order valence-corrected chi connectivity index (χ3v) is 4.61. The van der Waals surface area contributed by atoms with Gasteiger partial charge in [0.25, 0.3) is 0 Å². The summed E-state index contributed by atoms with van der Waals surface area (Å²) in [7, 11) is 0. The maximum atomic E-state index is 6.42. The van der Waals surface area contributed by atoms with E-state index in [1.807, 2.05) is 18.3 Å². The summed E-state index contributed by atoms with van der Waals surface area (Å²) in [6.07, 6.45) is 5.15. The van der Waals surface area contributed by atoms with E-state index in [0.29, 0.717) is 5.92 Å². The highest BCUT2D eigenvalue weighted by Gasteiger charge is 2.40. The van der Waals surface area contributed by atoms with Crippen molar-refractivity contribution in [3.8, 4) is 0 Å². The maximum Gasteiger partial charge on any atom is 0.0789 e. The van der Waals surface area contributed by atoms with Crippen LogP contribution in [0.15, 0.2) is 28.5 Å². The van der Waals surface area contributed by atoms with Crippen LogP contribution in [-0.4, -0.2) is 28.4 Å². The number of halogens is 2. The number of rotatable bonds is 1. The number of hydrogen-bond acceptors (Lipinski definition) is 2. The highest BCUT2D eigenvalue weighted by Crippen LogP contribution is 2.40. The highest BCUT2D eigenvalue weighted by atomic mass is 79.9. The van der Waals surface area contributed by atoms with Crippen molar-refractivity contribution in [2.24, 2.45) is 5.92 Å². The summed E-state index contributed by atoms with van der Waals surface area (Å²) in [5.41, 5.74) is 2.20. The van der Waals surface area contributed by atoms with Gasteiger partial charge in [0.1, 0.15) is 0 Å². The number of fused-ring (bicyclic) bond motifs is 2. The van der Waals surface area contributed by atoms with Gasteiger partial charge < -0.3 is 4.90 Å². The van der Waals surface area contributed by atoms with E-state index in [1.54, 1.807) is 0 Å². The van der Waals surface area contributed by atoms with Crippen molar-refractivity contribution in [2.75, 3.05) is 13.1 Å². The fraction of sp³-hybridized carbons (Fsp3) is 0.417. The molecule has 3 rings (SSSR count). The van der Waals surface area contributed by atoms with E-state index < -0.39 is 0 Å². The van der Waals surface area contributed by atoms with Crippen LogP contribution in [0.2, 0.25) is 0 Å². The average Bonchev–Trinajstić information content (AvgIpc) is 2.85. The van der Waals surface area contributed by atoms with Crippen LogP contribution in [0.4, 0.5) is 0 Å². The highest BCUT2D eigenvalue weighted by molar-refractivity contribution is 9.10. The molecule has 0 spiro atoms. The van der Waals surface area contributed by atoms with E-state index in [4.69, 9.17) is 11.6 Å². The quantitative estimate of drug-likeness (QED) is 0.741. The lowest BCUT2D eigenvalue weighted by Gasteiger charge is -2.22. The SMILES string of the molecule is ClC1/C(=C/c2ncccc2Br)N2CCC1C2. The molecule has 0 aliphatic carbocycles. The Hall–Kier alpha value is -0.540. The lowest BCUT2D eigenvalue weighted by atomic mass is 10.0. The third kappa shape index (κ3) is 1.66. The maximum absolute atomic E-state index is 6.42. The molecule has 0 saturated carbocycles. The predicted molar refractivity (Wildman–Crippen MR) is 69.2 cm³/mol. The average molecular weight is 300 g/mol. The Bertz CT molecular complexity index is 442. The zero-order valence-electron chi connectivity index (χ0n) is 8.74. The van der Waals surface area contributed by atoms with E-state index in [2.05, 4.69) is 31.9 Å². The van der Waals surface area contributed by atoms with Crippen LogP contribution in [0.3, 0.4) is 0 Å². The van der Waals surface area contributed by atoms with Crippen LogP contribution in [-0.2, 0) is 0 Å². The summed E-state index contributed by atoms with van der Waals surface area (Å²) in [4.78, 5) is 6.73. The number of aromatic nitrogens is 1. The van der Waals surface area contributed by atoms with Gasteiger partial charge in [-0.15, -0.1) is 11.6 Å². The second-order valence-corrected chi connectivity index (χ2v) is 5.66. The number of nitrogens with zero attached hydrogens (tertiary/aromatic N) is 2. The van der Waals surface area contributed by atoms with Crippen molar-refractivity contribution in [2.45, 2.75) is 11.8 Å². The summed E-state index contributed by atoms with van der Waals surface area (Å²) >= 11 is 9.93. The van der Waals surface area contributed by atoms with Crippen LogP contribution in [0.25, 0.3) is 6.08 Å². The molecule has 2 bridgehead atoms. The van der Waals surface area contributed by atoms with Gasteiger partial charge in [-0.05, 0) is 46.5 Å². The first kappa shape index (κ1) is 10.6. The monoisotopic (exact) mass is 298 g/mol. The van der Waals surface area contributed by atoms with E-state index >= 15 is 0 Å². The molecular weight excluding hydrogens is 288 g/mol. The van der Waals surface area contributed by atoms with Crippen molar-refractivity contribution in [1.82, 2.24) is 9.88 Å². The topological polar surface area (TPSA) is 16.1 Å². The molecule has 2 aliphatic rings. The van der Waals surface area contributed by atoms with Crippen LogP contribution < -0.4 is 0 Å². The summed E-state index contributed by atoms with van der Waals surface area (Å²) in [5.74, 6) is 0.635. The van der Waals surface area contributed by atoms with Crippen molar-refractivity contribution in [1.29, 1.82) is 0 Å². The Labute approximate surface area is 108 Å². The summed E-state index contributed by atoms with van der Waals surface area (Å²) < 4.78 is 1.02. The van der Waals surface area contributed by atoms with Gasteiger partial charge >= 0.3 is 0 Å². The zero-order chi connectivity index (χ0) is 11.1. The lowest BCUT2D eigenvalue weighted by Crippen LogP contribution is -2.21. The molecule has 0 radical (unpaired) electrons. The Balaban J connectivity index is 1.96. The zero-order valence-corrected chi connectivity index (χ0v) is 11.1. The first-order valence-corrected chi connectivity index (χ1v) is 6.70. The van der Waals surface area contributed by atoms with E-state index in [-0.39, 0.29) is 5.38 Å². The Morgan fingerprint density at radius 2 is 2.44 bits per heavy atom. The molecule has 2 unspecified atom stereocenters. The molecule has 4 heteroatoms. The Morgan fingerprint density at radius 1 is 1.56 bits per heavy atom. The minimum Gasteiger partial charge on any atom is -0.373 e. The fourth-order valence-corrected chi connectivity index (χ4v) is 3.27. The van der Waals surface area contributed by atoms with Crippen LogP contribution in [0.1, 0.15) is 12.1 Å². The van der Waals surface area contributed by atoms with Gasteiger partial charge in [-0.2, -0.15) is 0 Å². The molecule has 0 N–H and O–H groups in total. The van der Waals surface area contributed by atoms with E-state index in [0.717, 1.165) is 23.3 Å². The number of hydrogen-bond donors (Lipinski definition) is 0. The Morgan fingerprint density at radius 3 is 3.12 bits per heavy atom. The minimum atomic E-state index is 0.169. The van der Waals surface area contributed by atoms with Crippen LogP contribution in [0, 0.1) is 5.92 Å². The normalized spacial score (nSPS) is 30.4.